The van der Waals surface area contributed by atoms with Crippen LogP contribution in [0.25, 0.3) is 0 Å². The fourth-order valence-electron chi connectivity index (χ4n) is 3.16. The Kier molecular flexibility index (Phi) is 8.99. The van der Waals surface area contributed by atoms with Gasteiger partial charge in [-0.15, -0.1) is 0 Å². The third kappa shape index (κ3) is 6.01. The minimum Gasteiger partial charge on any atom is -0.469 e. The first-order valence-corrected chi connectivity index (χ1v) is 8.79. The molecule has 0 aromatic rings. The van der Waals surface area contributed by atoms with Crippen molar-refractivity contribution in [2.24, 2.45) is 22.7 Å². The van der Waals surface area contributed by atoms with E-state index in [1.54, 1.807) is 0 Å². The number of carbonyl (C=O) groups is 1. The molecule has 1 fully saturated rings. The van der Waals surface area contributed by atoms with Gasteiger partial charge in [0.1, 0.15) is 0 Å². The molecular weight excluding hydrogens is 294 g/mol. The molecule has 0 aromatic heterocycles. The Morgan fingerprint density at radius 3 is 2.70 bits per heavy atom. The summed E-state index contributed by atoms with van der Waals surface area (Å²) in [4.78, 5) is 18.8. The smallest absolute Gasteiger partial charge is 0.310 e. The van der Waals surface area contributed by atoms with Crippen molar-refractivity contribution in [2.75, 3.05) is 39.9 Å². The van der Waals surface area contributed by atoms with E-state index in [-0.39, 0.29) is 24.4 Å². The number of aliphatic imine (C=N–C) groups is 1. The number of likely N-dealkylation sites (tertiary alicyclic amines) is 1. The average molecular weight is 327 g/mol. The maximum absolute atomic E-state index is 11.9. The zero-order chi connectivity index (χ0) is 17.2. The van der Waals surface area contributed by atoms with Gasteiger partial charge in [-0.1, -0.05) is 20.3 Å². The van der Waals surface area contributed by atoms with E-state index >= 15 is 0 Å². The Morgan fingerprint density at radius 2 is 2.13 bits per heavy atom. The number of methoxy groups -OCH3 is 1. The third-order valence-electron chi connectivity index (χ3n) is 4.48. The molecule has 0 bridgehead atoms. The Bertz CT molecular complexity index is 381. The zero-order valence-electron chi connectivity index (χ0n) is 15.0. The number of nitrogens with one attached hydrogen (secondary N) is 1. The summed E-state index contributed by atoms with van der Waals surface area (Å²) in [7, 11) is 1.45. The number of nitrogens with zero attached hydrogens (tertiary/aromatic N) is 2. The number of aliphatic hydroxyl groups is 1. The van der Waals surface area contributed by atoms with Crippen LogP contribution in [0.15, 0.2) is 4.99 Å². The zero-order valence-corrected chi connectivity index (χ0v) is 15.0. The predicted octanol–water partition coefficient (Wildman–Crippen LogP) is 1.49. The van der Waals surface area contributed by atoms with Gasteiger partial charge in [-0.25, -0.2) is 0 Å². The molecule has 3 unspecified atom stereocenters. The number of rotatable bonds is 8. The van der Waals surface area contributed by atoms with Crippen molar-refractivity contribution in [2.45, 2.75) is 40.0 Å². The largest absolute Gasteiger partial charge is 0.469 e. The van der Waals surface area contributed by atoms with E-state index < -0.39 is 0 Å². The topological polar surface area (TPSA) is 74.2 Å². The molecule has 0 spiro atoms. The Balaban J connectivity index is 2.73. The number of esters is 1. The average Bonchev–Trinajstić information content (AvgIpc) is 2.92. The summed E-state index contributed by atoms with van der Waals surface area (Å²) in [6.07, 6.45) is 2.96. The van der Waals surface area contributed by atoms with E-state index in [0.29, 0.717) is 19.0 Å². The standard InChI is InChI=1S/C17H33N3O3/c1-5-7-14(8-9-21)10-19-17(18-6-2)20-11-13(3)15(12-20)16(22)23-4/h13-15,21H,5-12H2,1-4H3,(H,18,19). The van der Waals surface area contributed by atoms with Gasteiger partial charge in [0.25, 0.3) is 0 Å². The fourth-order valence-corrected chi connectivity index (χ4v) is 3.16. The number of guanidine groups is 1. The molecule has 23 heavy (non-hydrogen) atoms. The number of ether oxygens (including phenoxy) is 1. The monoisotopic (exact) mass is 327 g/mol. The third-order valence-corrected chi connectivity index (χ3v) is 4.48. The highest BCUT2D eigenvalue weighted by Crippen LogP contribution is 2.24. The minimum absolute atomic E-state index is 0.0901. The van der Waals surface area contributed by atoms with E-state index in [2.05, 4.69) is 24.1 Å². The Morgan fingerprint density at radius 1 is 1.39 bits per heavy atom. The van der Waals surface area contributed by atoms with E-state index in [1.165, 1.54) is 7.11 Å². The molecule has 0 radical (unpaired) electrons. The SMILES string of the molecule is CCCC(CCO)CN=C(NCC)N1CC(C)C(C(=O)OC)C1. The highest BCUT2D eigenvalue weighted by molar-refractivity contribution is 5.82. The van der Waals surface area contributed by atoms with Crippen LogP contribution in [0.3, 0.4) is 0 Å². The molecule has 0 aliphatic carbocycles. The van der Waals surface area contributed by atoms with Crippen LogP contribution in [-0.2, 0) is 9.53 Å². The maximum atomic E-state index is 11.9. The van der Waals surface area contributed by atoms with Crippen molar-refractivity contribution in [1.82, 2.24) is 10.2 Å². The van der Waals surface area contributed by atoms with Gasteiger partial charge in [-0.05, 0) is 31.6 Å². The van der Waals surface area contributed by atoms with Crippen LogP contribution in [0, 0.1) is 17.8 Å². The minimum atomic E-state index is -0.139. The first-order valence-electron chi connectivity index (χ1n) is 8.79. The molecule has 1 saturated heterocycles. The lowest BCUT2D eigenvalue weighted by Crippen LogP contribution is -2.41. The van der Waals surface area contributed by atoms with E-state index in [9.17, 15) is 9.90 Å². The summed E-state index contributed by atoms with van der Waals surface area (Å²) in [6, 6.07) is 0. The number of hydrogen-bond donors (Lipinski definition) is 2. The molecule has 6 heteroatoms. The van der Waals surface area contributed by atoms with Crippen molar-refractivity contribution in [3.8, 4) is 0 Å². The van der Waals surface area contributed by atoms with Crippen LogP contribution in [0.4, 0.5) is 0 Å². The molecule has 1 aliphatic rings. The highest BCUT2D eigenvalue weighted by atomic mass is 16.5. The van der Waals surface area contributed by atoms with Gasteiger partial charge in [-0.3, -0.25) is 9.79 Å². The Labute approximate surface area is 140 Å². The summed E-state index contributed by atoms with van der Waals surface area (Å²) in [6.45, 7) is 9.46. The van der Waals surface area contributed by atoms with Crippen LogP contribution in [0.1, 0.15) is 40.0 Å². The van der Waals surface area contributed by atoms with Gasteiger partial charge < -0.3 is 20.1 Å². The summed E-state index contributed by atoms with van der Waals surface area (Å²) < 4.78 is 4.90. The lowest BCUT2D eigenvalue weighted by Gasteiger charge is -2.22. The second kappa shape index (κ2) is 10.5. The molecule has 134 valence electrons. The first kappa shape index (κ1) is 19.7. The second-order valence-electron chi connectivity index (χ2n) is 6.37. The molecule has 1 rings (SSSR count). The van der Waals surface area contributed by atoms with Gasteiger partial charge >= 0.3 is 5.97 Å². The molecule has 2 N–H and O–H groups in total. The van der Waals surface area contributed by atoms with Crippen LogP contribution >= 0.6 is 0 Å². The lowest BCUT2D eigenvalue weighted by atomic mass is 9.99. The van der Waals surface area contributed by atoms with Crippen LogP contribution in [-0.4, -0.2) is 61.8 Å². The maximum Gasteiger partial charge on any atom is 0.310 e. The predicted molar refractivity (Wildman–Crippen MR) is 92.3 cm³/mol. The second-order valence-corrected chi connectivity index (χ2v) is 6.37. The fraction of sp³-hybridized carbons (Fsp3) is 0.882. The summed E-state index contributed by atoms with van der Waals surface area (Å²) >= 11 is 0. The van der Waals surface area contributed by atoms with Gasteiger partial charge in [0, 0.05) is 32.8 Å². The highest BCUT2D eigenvalue weighted by Gasteiger charge is 2.36. The quantitative estimate of drug-likeness (QED) is 0.401. The number of aliphatic hydroxyl groups excluding tert-OH is 1. The van der Waals surface area contributed by atoms with Gasteiger partial charge in [-0.2, -0.15) is 0 Å². The van der Waals surface area contributed by atoms with E-state index in [4.69, 9.17) is 9.73 Å². The molecule has 1 aliphatic heterocycles. The summed E-state index contributed by atoms with van der Waals surface area (Å²) in [5.41, 5.74) is 0. The number of hydrogen-bond acceptors (Lipinski definition) is 4. The van der Waals surface area contributed by atoms with Gasteiger partial charge in [0.2, 0.25) is 0 Å². The molecule has 0 saturated carbocycles. The first-order chi connectivity index (χ1) is 11.1. The van der Waals surface area contributed by atoms with Crippen LogP contribution in [0.2, 0.25) is 0 Å². The van der Waals surface area contributed by atoms with Gasteiger partial charge in [0.15, 0.2) is 5.96 Å². The van der Waals surface area contributed by atoms with Crippen LogP contribution in [0.5, 0.6) is 0 Å². The van der Waals surface area contributed by atoms with Crippen molar-refractivity contribution < 1.29 is 14.6 Å². The molecule has 1 heterocycles. The van der Waals surface area contributed by atoms with Crippen LogP contribution < -0.4 is 5.32 Å². The molecule has 0 amide bonds. The van der Waals surface area contributed by atoms with E-state index in [0.717, 1.165) is 38.3 Å². The molecule has 0 aromatic carbocycles. The van der Waals surface area contributed by atoms with Crippen molar-refractivity contribution in [3.63, 3.8) is 0 Å². The summed E-state index contributed by atoms with van der Waals surface area (Å²) in [5.74, 6) is 1.31. The Hall–Kier alpha value is -1.30. The van der Waals surface area contributed by atoms with Crippen molar-refractivity contribution in [1.29, 1.82) is 0 Å². The normalized spacial score (nSPS) is 23.0. The summed E-state index contributed by atoms with van der Waals surface area (Å²) in [5, 5.41) is 12.5. The van der Waals surface area contributed by atoms with Gasteiger partial charge in [0.05, 0.1) is 13.0 Å². The molecule has 3 atom stereocenters. The molecule has 6 nitrogen and oxygen atoms in total. The number of carbonyl (C=O) groups excluding carboxylic acids is 1. The van der Waals surface area contributed by atoms with E-state index in [1.807, 2.05) is 6.92 Å². The lowest BCUT2D eigenvalue weighted by molar-refractivity contribution is -0.145. The van der Waals surface area contributed by atoms with Crippen molar-refractivity contribution >= 4 is 11.9 Å². The molecular formula is C17H33N3O3. The van der Waals surface area contributed by atoms with Crippen molar-refractivity contribution in [3.05, 3.63) is 0 Å².